The summed E-state index contributed by atoms with van der Waals surface area (Å²) in [5, 5.41) is 19.3. The van der Waals surface area contributed by atoms with Crippen LogP contribution in [-0.2, 0) is 4.74 Å². The molecule has 0 bridgehead atoms. The number of nitrogens with zero attached hydrogens (tertiary/aromatic N) is 1. The summed E-state index contributed by atoms with van der Waals surface area (Å²) in [5.74, 6) is 0. The Morgan fingerprint density at radius 1 is 1.57 bits per heavy atom. The largest absolute Gasteiger partial charge is 0.388 e. The first-order chi connectivity index (χ1) is 9.73. The standard InChI is InChI=1S/C12H15FN2O5S/c1-4-3-15(12(19)14-10(4)18)11-7(17)6(13)8(20-11)9(21)5(2)16/h3,5-8,11,16-17H,1-2H3,(H,14,18,19)/t5?,6-,7-,8+,11-/m1/s1. The molecule has 2 rings (SSSR count). The number of hydrogen-bond acceptors (Lipinski definition) is 6. The van der Waals surface area contributed by atoms with Crippen LogP contribution >= 0.6 is 12.2 Å². The average Bonchev–Trinajstić information content (AvgIpc) is 2.70. The third-order valence-corrected chi connectivity index (χ3v) is 3.88. The number of aryl methyl sites for hydroxylation is 1. The van der Waals surface area contributed by atoms with E-state index in [0.29, 0.717) is 0 Å². The zero-order valence-corrected chi connectivity index (χ0v) is 12.1. The van der Waals surface area contributed by atoms with Crippen LogP contribution in [0.5, 0.6) is 0 Å². The second kappa shape index (κ2) is 5.76. The maximum absolute atomic E-state index is 14.1. The van der Waals surface area contributed by atoms with Gasteiger partial charge in [0.25, 0.3) is 5.56 Å². The van der Waals surface area contributed by atoms with E-state index in [4.69, 9.17) is 17.0 Å². The molecular formula is C12H15FN2O5S. The number of ether oxygens (including phenoxy) is 1. The van der Waals surface area contributed by atoms with E-state index in [1.807, 2.05) is 4.98 Å². The fraction of sp³-hybridized carbons (Fsp3) is 0.583. The first-order valence-electron chi connectivity index (χ1n) is 6.25. The molecule has 3 N–H and O–H groups in total. The van der Waals surface area contributed by atoms with Gasteiger partial charge in [-0.1, -0.05) is 12.2 Å². The molecule has 0 aromatic carbocycles. The van der Waals surface area contributed by atoms with Crippen LogP contribution in [0.1, 0.15) is 18.7 Å². The molecule has 21 heavy (non-hydrogen) atoms. The summed E-state index contributed by atoms with van der Waals surface area (Å²) < 4.78 is 20.3. The molecule has 1 aliphatic heterocycles. The zero-order valence-electron chi connectivity index (χ0n) is 11.3. The Hall–Kier alpha value is -1.42. The Bertz CT molecular complexity index is 670. The molecule has 0 spiro atoms. The number of rotatable bonds is 3. The Morgan fingerprint density at radius 3 is 2.76 bits per heavy atom. The second-order valence-electron chi connectivity index (χ2n) is 4.94. The summed E-state index contributed by atoms with van der Waals surface area (Å²) in [6, 6.07) is 0. The Balaban J connectivity index is 2.38. The van der Waals surface area contributed by atoms with Gasteiger partial charge < -0.3 is 14.9 Å². The van der Waals surface area contributed by atoms with Crippen LogP contribution in [0.3, 0.4) is 0 Å². The van der Waals surface area contributed by atoms with Crippen molar-refractivity contribution < 1.29 is 19.3 Å². The van der Waals surface area contributed by atoms with Crippen molar-refractivity contribution in [1.82, 2.24) is 9.55 Å². The van der Waals surface area contributed by atoms with Crippen LogP contribution in [0.15, 0.2) is 15.8 Å². The van der Waals surface area contributed by atoms with E-state index < -0.39 is 42.0 Å². The van der Waals surface area contributed by atoms with Crippen molar-refractivity contribution in [3.05, 3.63) is 32.6 Å². The quantitative estimate of drug-likeness (QED) is 0.630. The predicted octanol–water partition coefficient (Wildman–Crippen LogP) is -0.808. The topological polar surface area (TPSA) is 105 Å². The van der Waals surface area contributed by atoms with Crippen LogP contribution < -0.4 is 11.2 Å². The summed E-state index contributed by atoms with van der Waals surface area (Å²) >= 11 is 4.88. The highest BCUT2D eigenvalue weighted by Gasteiger charge is 2.48. The lowest BCUT2D eigenvalue weighted by atomic mass is 10.1. The first-order valence-corrected chi connectivity index (χ1v) is 6.66. The van der Waals surface area contributed by atoms with Gasteiger partial charge in [0.05, 0.1) is 11.0 Å². The van der Waals surface area contributed by atoms with E-state index in [0.717, 1.165) is 4.57 Å². The summed E-state index contributed by atoms with van der Waals surface area (Å²) in [6.45, 7) is 2.81. The van der Waals surface area contributed by atoms with Gasteiger partial charge in [0.1, 0.15) is 12.2 Å². The lowest BCUT2D eigenvalue weighted by molar-refractivity contribution is -0.0259. The Morgan fingerprint density at radius 2 is 2.19 bits per heavy atom. The average molecular weight is 318 g/mol. The van der Waals surface area contributed by atoms with E-state index in [-0.39, 0.29) is 10.4 Å². The fourth-order valence-electron chi connectivity index (χ4n) is 2.11. The number of nitrogens with one attached hydrogen (secondary N) is 1. The van der Waals surface area contributed by atoms with Gasteiger partial charge in [-0.3, -0.25) is 14.3 Å². The minimum absolute atomic E-state index is 0.0988. The van der Waals surface area contributed by atoms with Crippen molar-refractivity contribution >= 4 is 17.1 Å². The van der Waals surface area contributed by atoms with Gasteiger partial charge >= 0.3 is 5.69 Å². The number of alkyl halides is 1. The number of halogens is 1. The van der Waals surface area contributed by atoms with Gasteiger partial charge in [-0.2, -0.15) is 0 Å². The van der Waals surface area contributed by atoms with Gasteiger partial charge in [-0.15, -0.1) is 0 Å². The predicted molar refractivity (Wildman–Crippen MR) is 75.2 cm³/mol. The first kappa shape index (κ1) is 16.0. The van der Waals surface area contributed by atoms with E-state index in [1.54, 1.807) is 0 Å². The molecule has 1 aromatic heterocycles. The van der Waals surface area contributed by atoms with E-state index in [9.17, 15) is 24.2 Å². The molecule has 5 atom stereocenters. The third-order valence-electron chi connectivity index (χ3n) is 3.31. The highest BCUT2D eigenvalue weighted by atomic mass is 32.1. The number of thiocarbonyl (C=S) groups is 1. The summed E-state index contributed by atoms with van der Waals surface area (Å²) in [6.07, 6.45) is -6.08. The third kappa shape index (κ3) is 2.82. The minimum atomic E-state index is -1.88. The van der Waals surface area contributed by atoms with Gasteiger partial charge in [-0.05, 0) is 13.8 Å². The lowest BCUT2D eigenvalue weighted by Crippen LogP contribution is -2.38. The number of aromatic amines is 1. The molecule has 0 radical (unpaired) electrons. The monoisotopic (exact) mass is 318 g/mol. The van der Waals surface area contributed by atoms with Gasteiger partial charge in [0.2, 0.25) is 0 Å². The summed E-state index contributed by atoms with van der Waals surface area (Å²) in [4.78, 5) is 25.0. The van der Waals surface area contributed by atoms with Gasteiger partial charge in [-0.25, -0.2) is 9.18 Å². The van der Waals surface area contributed by atoms with E-state index in [2.05, 4.69) is 0 Å². The minimum Gasteiger partial charge on any atom is -0.388 e. The second-order valence-corrected chi connectivity index (χ2v) is 5.41. The highest BCUT2D eigenvalue weighted by molar-refractivity contribution is 7.80. The van der Waals surface area contributed by atoms with Crippen molar-refractivity contribution in [3.8, 4) is 0 Å². The van der Waals surface area contributed by atoms with Crippen LogP contribution in [0.2, 0.25) is 0 Å². The lowest BCUT2D eigenvalue weighted by Gasteiger charge is -2.18. The molecule has 7 nitrogen and oxygen atoms in total. The molecule has 1 saturated heterocycles. The smallest absolute Gasteiger partial charge is 0.330 e. The fourth-order valence-corrected chi connectivity index (χ4v) is 2.29. The molecule has 0 aliphatic carbocycles. The van der Waals surface area contributed by atoms with Crippen molar-refractivity contribution in [3.63, 3.8) is 0 Å². The van der Waals surface area contributed by atoms with E-state index >= 15 is 0 Å². The van der Waals surface area contributed by atoms with Crippen molar-refractivity contribution in [2.45, 2.75) is 44.6 Å². The van der Waals surface area contributed by atoms with Crippen LogP contribution in [0.25, 0.3) is 0 Å². The van der Waals surface area contributed by atoms with Crippen LogP contribution in [-0.4, -0.2) is 49.1 Å². The highest BCUT2D eigenvalue weighted by Crippen LogP contribution is 2.32. The maximum atomic E-state index is 14.1. The summed E-state index contributed by atoms with van der Waals surface area (Å²) in [5.41, 5.74) is -1.19. The van der Waals surface area contributed by atoms with Crippen molar-refractivity contribution in [1.29, 1.82) is 0 Å². The SMILES string of the molecule is Cc1cn([C@@H]2O[C@H](C(=S)C(C)O)[C@H](F)[C@H]2O)c(=O)[nH]c1=O. The number of aromatic nitrogens is 2. The number of hydrogen-bond donors (Lipinski definition) is 3. The van der Waals surface area contributed by atoms with Gasteiger partial charge in [0.15, 0.2) is 12.4 Å². The summed E-state index contributed by atoms with van der Waals surface area (Å²) in [7, 11) is 0. The molecule has 0 saturated carbocycles. The van der Waals surface area contributed by atoms with Crippen LogP contribution in [0, 0.1) is 6.92 Å². The van der Waals surface area contributed by atoms with Crippen LogP contribution in [0.4, 0.5) is 4.39 Å². The molecule has 1 fully saturated rings. The Kier molecular flexibility index (Phi) is 4.38. The molecule has 116 valence electrons. The van der Waals surface area contributed by atoms with Crippen molar-refractivity contribution in [2.24, 2.45) is 0 Å². The molecule has 2 heterocycles. The number of H-pyrrole nitrogens is 1. The van der Waals surface area contributed by atoms with E-state index in [1.165, 1.54) is 20.0 Å². The Labute approximate surface area is 124 Å². The van der Waals surface area contributed by atoms with Gasteiger partial charge in [0, 0.05) is 11.8 Å². The molecule has 0 amide bonds. The number of aliphatic hydroxyl groups excluding tert-OH is 2. The normalized spacial score (nSPS) is 30.3. The number of aliphatic hydroxyl groups is 2. The molecule has 1 aromatic rings. The molecule has 1 aliphatic rings. The molecule has 1 unspecified atom stereocenters. The van der Waals surface area contributed by atoms with Crippen molar-refractivity contribution in [2.75, 3.05) is 0 Å². The maximum Gasteiger partial charge on any atom is 0.330 e. The molecule has 9 heteroatoms. The molecular weight excluding hydrogens is 303 g/mol. The zero-order chi connectivity index (χ0) is 15.9.